The predicted octanol–water partition coefficient (Wildman–Crippen LogP) is 11.3. The van der Waals surface area contributed by atoms with Gasteiger partial charge in [-0.2, -0.15) is 0 Å². The van der Waals surface area contributed by atoms with Crippen molar-refractivity contribution in [2.24, 2.45) is 0 Å². The Morgan fingerprint density at radius 3 is 1.60 bits per heavy atom. The number of benzene rings is 2. The number of hydrogen-bond acceptors (Lipinski definition) is 8. The van der Waals surface area contributed by atoms with Crippen molar-refractivity contribution in [2.75, 3.05) is 32.7 Å². The van der Waals surface area contributed by atoms with Gasteiger partial charge in [0.15, 0.2) is 15.9 Å². The summed E-state index contributed by atoms with van der Waals surface area (Å²) >= 11 is 0. The molecule has 0 amide bonds. The Bertz CT molecular complexity index is 1240. The van der Waals surface area contributed by atoms with Gasteiger partial charge in [-0.25, -0.2) is 13.3 Å². The highest BCUT2D eigenvalue weighted by Gasteiger charge is 2.29. The molecule has 0 aromatic heterocycles. The first-order chi connectivity index (χ1) is 21.0. The van der Waals surface area contributed by atoms with Crippen molar-refractivity contribution < 1.29 is 35.2 Å². The summed E-state index contributed by atoms with van der Waals surface area (Å²) in [4.78, 5) is 3.31. The lowest BCUT2D eigenvalue weighted by atomic mass is 10.2. The number of nitrogens with zero attached hydrogens (tertiary/aromatic N) is 1. The quantitative estimate of drug-likeness (QED) is 0.225. The maximum absolute atomic E-state index is 10.6. The molecular weight excluding hydrogens is 675 g/mol. The van der Waals surface area contributed by atoms with Crippen molar-refractivity contribution in [3.63, 3.8) is 0 Å². The third-order valence-electron chi connectivity index (χ3n) is 4.54. The molecule has 0 radical (unpaired) electrons. The van der Waals surface area contributed by atoms with Gasteiger partial charge >= 0.3 is 0 Å². The molecule has 11 heteroatoms. The van der Waals surface area contributed by atoms with Crippen LogP contribution in [0.4, 0.5) is 5.69 Å². The molecule has 0 aliphatic carbocycles. The van der Waals surface area contributed by atoms with Crippen molar-refractivity contribution in [1.82, 2.24) is 0 Å². The Morgan fingerprint density at radius 2 is 1.38 bits per heavy atom. The third-order valence-corrected chi connectivity index (χ3v) is 6.39. The van der Waals surface area contributed by atoms with Gasteiger partial charge in [-0.15, -0.1) is 0 Å². The number of aryl methyl sites for hydroxylation is 1. The van der Waals surface area contributed by atoms with Crippen LogP contribution in [0.3, 0.4) is 0 Å². The van der Waals surface area contributed by atoms with Gasteiger partial charge in [0.2, 0.25) is 5.69 Å². The second kappa shape index (κ2) is 37.8. The SMILES string of the molecule is C.C.C.C.C.C=S(C)(=O)OCC.C=S1(=O)OCC(C)O1.CC.CC.CC1COC(C)(C)O1.Cc1ccccc1.[C-]#[N+]c1ccccc1OCC. The zero-order chi connectivity index (χ0) is 35.5. The van der Waals surface area contributed by atoms with Gasteiger partial charge in [-0.05, 0) is 60.4 Å². The Hall–Kier alpha value is -2.43. The van der Waals surface area contributed by atoms with Crippen LogP contribution < -0.4 is 4.74 Å². The lowest BCUT2D eigenvalue weighted by Gasteiger charge is -2.15. The van der Waals surface area contributed by atoms with Crippen molar-refractivity contribution >= 4 is 37.3 Å². The molecule has 2 saturated heterocycles. The summed E-state index contributed by atoms with van der Waals surface area (Å²) in [5.74, 6) is 6.81. The van der Waals surface area contributed by atoms with E-state index in [1.807, 2.05) is 85.7 Å². The van der Waals surface area contributed by atoms with Crippen molar-refractivity contribution in [3.05, 3.63) is 71.6 Å². The molecule has 4 rings (SSSR count). The van der Waals surface area contributed by atoms with Crippen LogP contribution in [-0.4, -0.2) is 70.8 Å². The summed E-state index contributed by atoms with van der Waals surface area (Å²) in [5.41, 5.74) is 1.90. The fourth-order valence-electron chi connectivity index (χ4n) is 2.99. The van der Waals surface area contributed by atoms with E-state index in [9.17, 15) is 8.42 Å². The van der Waals surface area contributed by atoms with Gasteiger partial charge in [0.25, 0.3) is 0 Å². The fraction of sp³-hybridized carbons (Fsp3) is 0.615. The topological polar surface area (TPSA) is 93.9 Å². The van der Waals surface area contributed by atoms with Crippen LogP contribution in [0.1, 0.15) is 112 Å². The summed E-state index contributed by atoms with van der Waals surface area (Å²) in [6.07, 6.45) is 1.67. The van der Waals surface area contributed by atoms with Crippen molar-refractivity contribution in [3.8, 4) is 5.75 Å². The van der Waals surface area contributed by atoms with Crippen LogP contribution in [0.15, 0.2) is 54.6 Å². The molecule has 9 nitrogen and oxygen atoms in total. The van der Waals surface area contributed by atoms with E-state index in [0.29, 0.717) is 31.3 Å². The first-order valence-corrected chi connectivity index (χ1v) is 18.8. The lowest BCUT2D eigenvalue weighted by Crippen LogP contribution is -2.20. The molecular formula is C39H79NO8S2. The molecule has 2 aliphatic rings. The Kier molecular flexibility index (Phi) is 49.8. The van der Waals surface area contributed by atoms with Gasteiger partial charge in [-0.3, -0.25) is 12.5 Å². The van der Waals surface area contributed by atoms with E-state index >= 15 is 0 Å². The van der Waals surface area contributed by atoms with Gasteiger partial charge < -0.3 is 14.2 Å². The second-order valence-electron chi connectivity index (χ2n) is 9.39. The fourth-order valence-corrected chi connectivity index (χ4v) is 4.50. The van der Waals surface area contributed by atoms with Gasteiger partial charge in [0.05, 0.1) is 55.0 Å². The maximum Gasteiger partial charge on any atom is 0.228 e. The highest BCUT2D eigenvalue weighted by atomic mass is 32.2. The maximum atomic E-state index is 10.6. The zero-order valence-electron chi connectivity index (χ0n) is 29.6. The van der Waals surface area contributed by atoms with Crippen LogP contribution in [0.2, 0.25) is 0 Å². The third kappa shape index (κ3) is 40.0. The minimum absolute atomic E-state index is 0. The molecule has 0 N–H and O–H groups in total. The molecule has 2 aromatic carbocycles. The molecule has 0 saturated carbocycles. The molecule has 0 bridgehead atoms. The van der Waals surface area contributed by atoms with Crippen LogP contribution in [0.25, 0.3) is 4.85 Å². The molecule has 300 valence electrons. The molecule has 0 spiro atoms. The standard InChI is InChI=1S/C9H9NO.C7H8.C6H12O2.C4H8O3S.C4H10O2S.2C2H6.5CH4/c1-3-11-9-7-5-4-6-8(9)10-2;1-7-5-3-2-4-6-7;1-5-4-7-6(2,3)8-5;1-4-3-6-8(2,5)7-4;1-4-6-7(2,3)5;2*1-2;;;;;/h4-7H,3H2,1H3;2-6H,1H3;5H,4H2,1-3H3;4H,2-3H2,1H3;2,4H2,1,3H3;2*1-2H3;5*1H4. The van der Waals surface area contributed by atoms with Crippen molar-refractivity contribution in [2.45, 2.75) is 131 Å². The first-order valence-electron chi connectivity index (χ1n) is 15.1. The van der Waals surface area contributed by atoms with Gasteiger partial charge in [0.1, 0.15) is 5.75 Å². The molecule has 2 aromatic rings. The number of hydrogen-bond donors (Lipinski definition) is 0. The largest absolute Gasteiger partial charge is 0.505 e. The van der Waals surface area contributed by atoms with Crippen LogP contribution in [0, 0.1) is 13.5 Å². The Morgan fingerprint density at radius 1 is 0.900 bits per heavy atom. The zero-order valence-corrected chi connectivity index (χ0v) is 31.3. The summed E-state index contributed by atoms with van der Waals surface area (Å²) in [5, 5.41) is 0. The number of ether oxygens (including phenoxy) is 3. The summed E-state index contributed by atoms with van der Waals surface area (Å²) in [7, 11) is -4.77. The van der Waals surface area contributed by atoms with E-state index in [-0.39, 0.29) is 55.1 Å². The van der Waals surface area contributed by atoms with E-state index in [1.54, 1.807) is 26.0 Å². The minimum atomic E-state index is -2.60. The molecule has 4 unspecified atom stereocenters. The van der Waals surface area contributed by atoms with Crippen molar-refractivity contribution in [1.29, 1.82) is 0 Å². The van der Waals surface area contributed by atoms with Crippen LogP contribution in [-0.2, 0) is 41.9 Å². The van der Waals surface area contributed by atoms with E-state index in [1.165, 1.54) is 11.8 Å². The lowest BCUT2D eigenvalue weighted by molar-refractivity contribution is -0.136. The summed E-state index contributed by atoms with van der Waals surface area (Å²) < 4.78 is 50.9. The predicted molar refractivity (Wildman–Crippen MR) is 227 cm³/mol. The molecule has 4 atom stereocenters. The van der Waals surface area contributed by atoms with Crippen LogP contribution >= 0.6 is 0 Å². The normalized spacial score (nSPS) is 19.3. The Labute approximate surface area is 312 Å². The van der Waals surface area contributed by atoms with E-state index in [0.717, 1.165) is 6.61 Å². The summed E-state index contributed by atoms with van der Waals surface area (Å²) in [6, 6.07) is 17.5. The average Bonchev–Trinajstić information content (AvgIpc) is 3.49. The van der Waals surface area contributed by atoms with Gasteiger partial charge in [0, 0.05) is 12.1 Å². The molecule has 50 heavy (non-hydrogen) atoms. The highest BCUT2D eigenvalue weighted by Crippen LogP contribution is 2.26. The summed E-state index contributed by atoms with van der Waals surface area (Å²) in [6.45, 7) is 30.4. The van der Waals surface area contributed by atoms with Crippen LogP contribution in [0.5, 0.6) is 5.75 Å². The molecule has 2 heterocycles. The molecule has 2 aliphatic heterocycles. The molecule has 2 fully saturated rings. The number of para-hydroxylation sites is 2. The van der Waals surface area contributed by atoms with Gasteiger partial charge in [-0.1, -0.05) is 119 Å². The Balaban J connectivity index is -0.0000000705. The first kappa shape index (κ1) is 65.9. The van der Waals surface area contributed by atoms with E-state index < -0.39 is 19.9 Å². The van der Waals surface area contributed by atoms with E-state index in [4.69, 9.17) is 25.0 Å². The monoisotopic (exact) mass is 754 g/mol. The smallest absolute Gasteiger partial charge is 0.228 e. The van der Waals surface area contributed by atoms with E-state index in [2.05, 4.69) is 44.0 Å². The highest BCUT2D eigenvalue weighted by molar-refractivity contribution is 7.95. The second-order valence-corrected chi connectivity index (χ2v) is 13.0. The minimum Gasteiger partial charge on any atom is -0.505 e. The number of rotatable bonds is 4. The average molecular weight is 754 g/mol.